The van der Waals surface area contributed by atoms with Gasteiger partial charge >= 0.3 is 0 Å². The van der Waals surface area contributed by atoms with Crippen LogP contribution in [-0.4, -0.2) is 12.3 Å². The molecule has 1 atom stereocenters. The highest BCUT2D eigenvalue weighted by molar-refractivity contribution is 8.21. The summed E-state index contributed by atoms with van der Waals surface area (Å²) in [5, 5.41) is 0. The van der Waals surface area contributed by atoms with Crippen molar-refractivity contribution in [3.8, 4) is 12.3 Å². The van der Waals surface area contributed by atoms with Crippen molar-refractivity contribution in [1.29, 1.82) is 0 Å². The van der Waals surface area contributed by atoms with Crippen molar-refractivity contribution in [2.24, 2.45) is 13.5 Å². The van der Waals surface area contributed by atoms with E-state index < -0.39 is 19.0 Å². The van der Waals surface area contributed by atoms with Crippen LogP contribution in [0.1, 0.15) is 0 Å². The molecule has 0 spiro atoms. The van der Waals surface area contributed by atoms with E-state index >= 15 is 0 Å². The number of allylic oxidation sites excluding steroid dienone is 1. The fourth-order valence-corrected chi connectivity index (χ4v) is 18.0. The fraction of sp³-hybridized carbons (Fsp3) is 0.333. The maximum Gasteiger partial charge on any atom is 0.255 e. The highest BCUT2D eigenvalue weighted by Gasteiger charge is 2.31. The Labute approximate surface area is 114 Å². The Morgan fingerprint density at radius 3 is 2.12 bits per heavy atom. The molecule has 0 aromatic rings. The van der Waals surface area contributed by atoms with E-state index in [4.69, 9.17) is 51.4 Å². The molecule has 1 rings (SSSR count). The summed E-state index contributed by atoms with van der Waals surface area (Å²) < 4.78 is 12.5. The minimum atomic E-state index is -2.85. The summed E-state index contributed by atoms with van der Waals surface area (Å²) >= 11 is 23.9. The molecular weight excluding hydrogens is 349 g/mol. The molecule has 0 saturated heterocycles. The van der Waals surface area contributed by atoms with Crippen LogP contribution in [-0.2, 0) is 0 Å². The smallest absolute Gasteiger partial charge is 0.212 e. The van der Waals surface area contributed by atoms with Gasteiger partial charge in [-0.1, -0.05) is 12.0 Å². The summed E-state index contributed by atoms with van der Waals surface area (Å²) in [6.45, 7) is 3.64. The number of rotatable bonds is 3. The van der Waals surface area contributed by atoms with Crippen molar-refractivity contribution in [2.75, 3.05) is 12.3 Å². The largest absolute Gasteiger partial charge is 0.255 e. The Bertz CT molecular complexity index is 498. The molecule has 0 saturated carbocycles. The first-order chi connectivity index (χ1) is 7.24. The van der Waals surface area contributed by atoms with Crippen molar-refractivity contribution in [2.45, 2.75) is 0 Å². The van der Waals surface area contributed by atoms with E-state index in [0.29, 0.717) is 12.3 Å². The first kappa shape index (κ1) is 15.2. The van der Waals surface area contributed by atoms with Crippen LogP contribution in [0.5, 0.6) is 0 Å². The summed E-state index contributed by atoms with van der Waals surface area (Å²) in [5.41, 5.74) is 0. The van der Waals surface area contributed by atoms with E-state index in [9.17, 15) is 0 Å². The van der Waals surface area contributed by atoms with E-state index in [1.165, 1.54) is 0 Å². The maximum atomic E-state index is 5.98. The third-order valence-electron chi connectivity index (χ3n) is 1.53. The van der Waals surface area contributed by atoms with Gasteiger partial charge in [0.1, 0.15) is 7.21 Å². The van der Waals surface area contributed by atoms with E-state index in [1.54, 1.807) is 6.08 Å². The Morgan fingerprint density at radius 2 is 1.69 bits per heavy atom. The summed E-state index contributed by atoms with van der Waals surface area (Å²) in [6, 6.07) is 0. The molecule has 0 aromatic carbocycles. The first-order valence-corrected chi connectivity index (χ1v) is 13.0. The zero-order valence-corrected chi connectivity index (χ0v) is 13.7. The van der Waals surface area contributed by atoms with Crippen LogP contribution in [0.4, 0.5) is 0 Å². The average molecular weight is 357 g/mol. The zero-order chi connectivity index (χ0) is 12.4. The van der Waals surface area contributed by atoms with Crippen LogP contribution in [0.2, 0.25) is 0 Å². The topological polar surface area (TPSA) is 37.1 Å². The molecule has 1 aliphatic rings. The van der Waals surface area contributed by atoms with Crippen molar-refractivity contribution >= 4 is 64.0 Å². The van der Waals surface area contributed by atoms with Crippen LogP contribution in [0.3, 0.4) is 0 Å². The Balaban J connectivity index is 3.49. The third-order valence-corrected chi connectivity index (χ3v) is 14.0. The summed E-state index contributed by atoms with van der Waals surface area (Å²) in [7, 11) is -2.26. The van der Waals surface area contributed by atoms with Gasteiger partial charge in [0.25, 0.3) is 11.8 Å². The molecule has 3 nitrogen and oxygen atoms in total. The molecule has 1 unspecified atom stereocenters. The quantitative estimate of drug-likeness (QED) is 0.303. The molecule has 0 bridgehead atoms. The van der Waals surface area contributed by atoms with Crippen molar-refractivity contribution in [3.05, 3.63) is 12.7 Å². The molecule has 16 heavy (non-hydrogen) atoms. The van der Waals surface area contributed by atoms with Gasteiger partial charge in [0.15, 0.2) is 0 Å². The zero-order valence-electron chi connectivity index (χ0n) is 7.97. The molecule has 90 valence electrons. The van der Waals surface area contributed by atoms with Crippen molar-refractivity contribution < 1.29 is 0 Å². The lowest BCUT2D eigenvalue weighted by atomic mass is 10.8. The molecule has 0 aliphatic carbocycles. The van der Waals surface area contributed by atoms with Gasteiger partial charge < -0.3 is 0 Å². The summed E-state index contributed by atoms with van der Waals surface area (Å²) in [5.74, 6) is -3.18. The third kappa shape index (κ3) is 4.12. The highest BCUT2D eigenvalue weighted by atomic mass is 35.9. The van der Waals surface area contributed by atoms with E-state index in [-0.39, 0.29) is 0 Å². The van der Waals surface area contributed by atoms with Gasteiger partial charge in [-0.05, 0) is 45.0 Å². The predicted octanol–water partition coefficient (Wildman–Crippen LogP) is 6.78. The van der Waals surface area contributed by atoms with Crippen LogP contribution in [0.15, 0.2) is 26.2 Å². The van der Waals surface area contributed by atoms with Gasteiger partial charge in [-0.25, -0.2) is 9.03 Å². The Morgan fingerprint density at radius 1 is 1.12 bits per heavy atom. The SMILES string of the molecule is C#CCP1(CC=C)=NP(Cl)(Cl)=NP(Cl)(Cl)=N1. The van der Waals surface area contributed by atoms with Gasteiger partial charge in [-0.3, -0.25) is 0 Å². The van der Waals surface area contributed by atoms with Gasteiger partial charge in [-0.2, -0.15) is 4.52 Å². The molecule has 1 heterocycles. The van der Waals surface area contributed by atoms with Crippen molar-refractivity contribution in [3.63, 3.8) is 0 Å². The molecule has 0 aromatic heterocycles. The normalized spacial score (nSPS) is 30.2. The number of nitrogens with zero attached hydrogens (tertiary/aromatic N) is 3. The predicted molar refractivity (Wildman–Crippen MR) is 80.2 cm³/mol. The fourth-order valence-electron chi connectivity index (χ4n) is 1.14. The summed E-state index contributed by atoms with van der Waals surface area (Å²) in [4.78, 5) is 0. The second-order valence-corrected chi connectivity index (χ2v) is 16.0. The Hall–Kier alpha value is 1.15. The molecule has 1 aliphatic heterocycles. The maximum absolute atomic E-state index is 5.98. The van der Waals surface area contributed by atoms with Gasteiger partial charge in [-0.15, -0.1) is 13.0 Å². The molecule has 0 radical (unpaired) electrons. The lowest BCUT2D eigenvalue weighted by Gasteiger charge is -2.24. The van der Waals surface area contributed by atoms with Crippen LogP contribution < -0.4 is 0 Å². The lowest BCUT2D eigenvalue weighted by Crippen LogP contribution is -1.89. The van der Waals surface area contributed by atoms with Gasteiger partial charge in [0, 0.05) is 6.16 Å². The van der Waals surface area contributed by atoms with Crippen LogP contribution >= 0.6 is 64.0 Å². The van der Waals surface area contributed by atoms with Crippen molar-refractivity contribution in [1.82, 2.24) is 0 Å². The standard InChI is InChI=1S/C6H8Cl4N3P3/c1-3-5-14(6-4-2)11-15(7,8)13-16(9,10)12-14/h1,4H,2,5-6H2. The molecular formula is C6H8Cl4N3P3. The molecule has 0 fully saturated rings. The van der Waals surface area contributed by atoms with E-state index in [1.807, 2.05) is 0 Å². The van der Waals surface area contributed by atoms with Crippen LogP contribution in [0.25, 0.3) is 0 Å². The first-order valence-electron chi connectivity index (χ1n) is 3.97. The molecule has 0 amide bonds. The number of halogens is 4. The minimum absolute atomic E-state index is 0.330. The number of hydrogen-bond acceptors (Lipinski definition) is 3. The minimum Gasteiger partial charge on any atom is -0.212 e. The number of hydrogen-bond donors (Lipinski definition) is 0. The van der Waals surface area contributed by atoms with E-state index in [0.717, 1.165) is 0 Å². The van der Waals surface area contributed by atoms with E-state index in [2.05, 4.69) is 26.0 Å². The lowest BCUT2D eigenvalue weighted by molar-refractivity contribution is 1.57. The monoisotopic (exact) mass is 355 g/mol. The summed E-state index contributed by atoms with van der Waals surface area (Å²) in [6.07, 6.45) is 7.79. The number of terminal acetylenes is 1. The van der Waals surface area contributed by atoms with Crippen LogP contribution in [0, 0.1) is 12.3 Å². The second kappa shape index (κ2) is 5.42. The molecule has 10 heteroatoms. The van der Waals surface area contributed by atoms with Gasteiger partial charge in [0.2, 0.25) is 0 Å². The average Bonchev–Trinajstić information content (AvgIpc) is 1.97. The Kier molecular flexibility index (Phi) is 5.15. The molecule has 0 N–H and O–H groups in total. The van der Waals surface area contributed by atoms with Gasteiger partial charge in [0.05, 0.1) is 6.16 Å². The highest BCUT2D eigenvalue weighted by Crippen LogP contribution is 2.85. The second-order valence-electron chi connectivity index (χ2n) is 2.89.